The number of anilines is 3. The first kappa shape index (κ1) is 19.2. The van der Waals surface area contributed by atoms with Crippen LogP contribution in [0.5, 0.6) is 0 Å². The van der Waals surface area contributed by atoms with Gasteiger partial charge in [-0.1, -0.05) is 19.3 Å². The van der Waals surface area contributed by atoms with Gasteiger partial charge in [0, 0.05) is 36.7 Å². The molecule has 0 spiro atoms. The first-order valence-corrected chi connectivity index (χ1v) is 10.1. The Kier molecular flexibility index (Phi) is 6.69. The second-order valence-corrected chi connectivity index (χ2v) is 7.11. The van der Waals surface area contributed by atoms with Crippen LogP contribution in [-0.4, -0.2) is 30.0 Å². The van der Waals surface area contributed by atoms with E-state index >= 15 is 0 Å². The maximum absolute atomic E-state index is 12.5. The molecule has 0 unspecified atom stereocenters. The monoisotopic (exact) mass is 366 g/mol. The van der Waals surface area contributed by atoms with Crippen molar-refractivity contribution in [1.29, 1.82) is 0 Å². The molecule has 1 aromatic carbocycles. The third-order valence-electron chi connectivity index (χ3n) is 5.23. The number of hydrogen-bond donors (Lipinski definition) is 2. The van der Waals surface area contributed by atoms with Crippen LogP contribution >= 0.6 is 0 Å². The number of hydrogen-bond acceptors (Lipinski definition) is 4. The van der Waals surface area contributed by atoms with Crippen molar-refractivity contribution < 1.29 is 4.79 Å². The average Bonchev–Trinajstić information content (AvgIpc) is 2.71. The van der Waals surface area contributed by atoms with E-state index in [-0.39, 0.29) is 5.91 Å². The van der Waals surface area contributed by atoms with Crippen molar-refractivity contribution in [2.75, 3.05) is 23.3 Å². The minimum absolute atomic E-state index is 0.0325. The second-order valence-electron chi connectivity index (χ2n) is 7.11. The van der Waals surface area contributed by atoms with E-state index < -0.39 is 0 Å². The Morgan fingerprint density at radius 2 is 1.74 bits per heavy atom. The van der Waals surface area contributed by atoms with E-state index in [1.807, 2.05) is 6.07 Å². The van der Waals surface area contributed by atoms with Gasteiger partial charge in [0.2, 0.25) is 0 Å². The largest absolute Gasteiger partial charge is 0.372 e. The van der Waals surface area contributed by atoms with Crippen LogP contribution in [0.1, 0.15) is 56.3 Å². The predicted molar refractivity (Wildman–Crippen MR) is 112 cm³/mol. The number of pyridine rings is 1. The highest BCUT2D eigenvalue weighted by Crippen LogP contribution is 2.22. The summed E-state index contributed by atoms with van der Waals surface area (Å²) in [6.07, 6.45) is 9.22. The summed E-state index contributed by atoms with van der Waals surface area (Å²) in [4.78, 5) is 19.1. The van der Waals surface area contributed by atoms with Crippen molar-refractivity contribution in [2.45, 2.75) is 52.0 Å². The molecule has 1 amide bonds. The predicted octanol–water partition coefficient (Wildman–Crippen LogP) is 4.73. The van der Waals surface area contributed by atoms with Gasteiger partial charge in [-0.3, -0.25) is 9.78 Å². The number of benzene rings is 1. The molecule has 0 radical (unpaired) electrons. The molecule has 0 aliphatic heterocycles. The molecule has 1 fully saturated rings. The highest BCUT2D eigenvalue weighted by molar-refractivity contribution is 5.95. The highest BCUT2D eigenvalue weighted by Gasteiger charge is 2.17. The number of aromatic nitrogens is 1. The normalized spacial score (nSPS) is 14.6. The Morgan fingerprint density at radius 1 is 1.04 bits per heavy atom. The molecule has 5 nitrogen and oxygen atoms in total. The van der Waals surface area contributed by atoms with Crippen molar-refractivity contribution in [1.82, 2.24) is 10.3 Å². The molecule has 3 rings (SSSR count). The molecule has 0 atom stereocenters. The molecule has 5 heteroatoms. The summed E-state index contributed by atoms with van der Waals surface area (Å²) in [7, 11) is 0. The molecule has 0 saturated heterocycles. The fourth-order valence-electron chi connectivity index (χ4n) is 3.66. The lowest BCUT2D eigenvalue weighted by Crippen LogP contribution is -2.36. The first-order valence-electron chi connectivity index (χ1n) is 10.1. The van der Waals surface area contributed by atoms with Crippen molar-refractivity contribution in [3.05, 3.63) is 48.3 Å². The van der Waals surface area contributed by atoms with E-state index in [2.05, 4.69) is 58.6 Å². The lowest BCUT2D eigenvalue weighted by atomic mass is 9.95. The molecule has 1 heterocycles. The number of nitrogens with one attached hydrogen (secondary N) is 2. The van der Waals surface area contributed by atoms with Gasteiger partial charge in [-0.15, -0.1) is 0 Å². The van der Waals surface area contributed by atoms with Crippen molar-refractivity contribution in [2.24, 2.45) is 0 Å². The molecular weight excluding hydrogens is 336 g/mol. The fourth-order valence-corrected chi connectivity index (χ4v) is 3.66. The van der Waals surface area contributed by atoms with Gasteiger partial charge in [-0.2, -0.15) is 0 Å². The first-order chi connectivity index (χ1) is 13.2. The summed E-state index contributed by atoms with van der Waals surface area (Å²) in [6, 6.07) is 10.5. The summed E-state index contributed by atoms with van der Waals surface area (Å²) in [5, 5.41) is 6.49. The molecule has 144 valence electrons. The van der Waals surface area contributed by atoms with Crippen LogP contribution in [0.3, 0.4) is 0 Å². The topological polar surface area (TPSA) is 57.3 Å². The van der Waals surface area contributed by atoms with E-state index in [1.54, 1.807) is 12.4 Å². The minimum atomic E-state index is -0.0325. The maximum Gasteiger partial charge on any atom is 0.253 e. The summed E-state index contributed by atoms with van der Waals surface area (Å²) in [5.41, 5.74) is 3.62. The highest BCUT2D eigenvalue weighted by atomic mass is 16.1. The Labute approximate surface area is 162 Å². The third-order valence-corrected chi connectivity index (χ3v) is 5.23. The molecule has 1 saturated carbocycles. The second kappa shape index (κ2) is 9.40. The van der Waals surface area contributed by atoms with E-state index in [1.165, 1.54) is 24.9 Å². The smallest absolute Gasteiger partial charge is 0.253 e. The zero-order valence-corrected chi connectivity index (χ0v) is 16.4. The Morgan fingerprint density at radius 3 is 2.41 bits per heavy atom. The minimum Gasteiger partial charge on any atom is -0.372 e. The van der Waals surface area contributed by atoms with Gasteiger partial charge in [0.05, 0.1) is 17.4 Å². The van der Waals surface area contributed by atoms with Crippen LogP contribution in [0, 0.1) is 0 Å². The van der Waals surface area contributed by atoms with Gasteiger partial charge in [-0.05, 0) is 57.0 Å². The summed E-state index contributed by atoms with van der Waals surface area (Å²) >= 11 is 0. The number of carbonyl (C=O) groups excluding carboxylic acids is 1. The summed E-state index contributed by atoms with van der Waals surface area (Å²) in [6.45, 7) is 6.30. The van der Waals surface area contributed by atoms with Crippen LogP contribution in [0.4, 0.5) is 17.1 Å². The van der Waals surface area contributed by atoms with Crippen LogP contribution in [0.25, 0.3) is 0 Å². The van der Waals surface area contributed by atoms with Crippen molar-refractivity contribution >= 4 is 23.0 Å². The Hall–Kier alpha value is -2.56. The summed E-state index contributed by atoms with van der Waals surface area (Å²) in [5.74, 6) is -0.0325. The number of carbonyl (C=O) groups is 1. The van der Waals surface area contributed by atoms with Crippen molar-refractivity contribution in [3.63, 3.8) is 0 Å². The molecule has 1 aromatic heterocycles. The van der Waals surface area contributed by atoms with Crippen LogP contribution < -0.4 is 15.5 Å². The average molecular weight is 367 g/mol. The lowest BCUT2D eigenvalue weighted by Gasteiger charge is -2.22. The fraction of sp³-hybridized carbons (Fsp3) is 0.455. The zero-order valence-electron chi connectivity index (χ0n) is 16.4. The Bertz CT molecular complexity index is 734. The van der Waals surface area contributed by atoms with Gasteiger partial charge >= 0.3 is 0 Å². The zero-order chi connectivity index (χ0) is 19.1. The van der Waals surface area contributed by atoms with Crippen LogP contribution in [-0.2, 0) is 0 Å². The number of amides is 1. The van der Waals surface area contributed by atoms with E-state index in [0.29, 0.717) is 11.6 Å². The van der Waals surface area contributed by atoms with Crippen LogP contribution in [0.2, 0.25) is 0 Å². The molecule has 0 bridgehead atoms. The molecule has 1 aliphatic rings. The van der Waals surface area contributed by atoms with E-state index in [0.717, 1.165) is 37.3 Å². The van der Waals surface area contributed by atoms with Crippen LogP contribution in [0.15, 0.2) is 42.7 Å². The van der Waals surface area contributed by atoms with E-state index in [9.17, 15) is 4.79 Å². The van der Waals surface area contributed by atoms with Gasteiger partial charge < -0.3 is 15.5 Å². The summed E-state index contributed by atoms with van der Waals surface area (Å²) < 4.78 is 0. The SMILES string of the molecule is CCN(CC)c1ccc(Nc2cncc(C(=O)NC3CCCCC3)c2)cc1. The standard InChI is InChI=1S/C22H30N4O/c1-3-26(4-2)21-12-10-19(11-13-21)24-20-14-17(15-23-16-20)22(27)25-18-8-6-5-7-9-18/h10-16,18,24H,3-9H2,1-2H3,(H,25,27). The maximum atomic E-state index is 12.5. The lowest BCUT2D eigenvalue weighted by molar-refractivity contribution is 0.0927. The molecule has 2 aromatic rings. The molecule has 27 heavy (non-hydrogen) atoms. The van der Waals surface area contributed by atoms with Crippen molar-refractivity contribution in [3.8, 4) is 0 Å². The van der Waals surface area contributed by atoms with Gasteiger partial charge in [0.15, 0.2) is 0 Å². The number of nitrogens with zero attached hydrogens (tertiary/aromatic N) is 2. The molecule has 1 aliphatic carbocycles. The molecule has 2 N–H and O–H groups in total. The van der Waals surface area contributed by atoms with Gasteiger partial charge in [0.1, 0.15) is 0 Å². The van der Waals surface area contributed by atoms with Gasteiger partial charge in [-0.25, -0.2) is 0 Å². The van der Waals surface area contributed by atoms with E-state index in [4.69, 9.17) is 0 Å². The number of rotatable bonds is 7. The quantitative estimate of drug-likeness (QED) is 0.743. The third kappa shape index (κ3) is 5.22. The molecular formula is C22H30N4O. The van der Waals surface area contributed by atoms with Gasteiger partial charge in [0.25, 0.3) is 5.91 Å². The Balaban J connectivity index is 1.64.